The molecule has 7 aromatic carbocycles. The van der Waals surface area contributed by atoms with Gasteiger partial charge in [0, 0.05) is 60.5 Å². The van der Waals surface area contributed by atoms with E-state index >= 15 is 0 Å². The Morgan fingerprint density at radius 2 is 0.938 bits per heavy atom. The predicted molar refractivity (Wildman–Crippen MR) is 333 cm³/mol. The van der Waals surface area contributed by atoms with E-state index in [0.717, 1.165) is 55.9 Å². The SMILES string of the molecule is CC(C)(C)c1cc(Oc2[c-]c3c(cc2)c2cc(C(C)(C)C)ccc2n3-c2cc(C(C)(C)C)ccn2)[c-]c(-n2[c-][n+](-c3cc(C(C)(C)C)cc(C(C)(C)c4ccccc4)c3)c(C(C)(C)c3ccccc3)c2C(C)(C)c2ccccc2)c1.[Pt]. The first kappa shape index (κ1) is 58.8. The third kappa shape index (κ3) is 11.3. The van der Waals surface area contributed by atoms with Gasteiger partial charge in [0.05, 0.1) is 17.1 Å². The number of aromatic nitrogens is 4. The van der Waals surface area contributed by atoms with Gasteiger partial charge in [-0.05, 0) is 102 Å². The maximum Gasteiger partial charge on any atom is 0.267 e. The van der Waals surface area contributed by atoms with Gasteiger partial charge in [-0.15, -0.1) is 29.7 Å². The summed E-state index contributed by atoms with van der Waals surface area (Å²) in [7, 11) is 0. The Hall–Kier alpha value is -6.81. The molecule has 0 saturated heterocycles. The van der Waals surface area contributed by atoms with Crippen LogP contribution in [0.5, 0.6) is 11.5 Å². The van der Waals surface area contributed by atoms with Crippen molar-refractivity contribution in [3.05, 3.63) is 244 Å². The van der Waals surface area contributed by atoms with Crippen molar-refractivity contribution in [3.8, 4) is 28.7 Å². The van der Waals surface area contributed by atoms with E-state index in [1.54, 1.807) is 0 Å². The minimum Gasteiger partial charge on any atom is -0.510 e. The molecule has 0 aliphatic heterocycles. The number of imidazole rings is 1. The summed E-state index contributed by atoms with van der Waals surface area (Å²) in [5.74, 6) is 2.03. The first-order chi connectivity index (χ1) is 37.4. The van der Waals surface area contributed by atoms with Gasteiger partial charge in [-0.25, -0.2) is 4.98 Å². The van der Waals surface area contributed by atoms with Crippen molar-refractivity contribution in [2.24, 2.45) is 0 Å². The molecule has 6 heteroatoms. The van der Waals surface area contributed by atoms with Crippen LogP contribution in [0, 0.1) is 18.5 Å². The van der Waals surface area contributed by atoms with Crippen LogP contribution in [-0.2, 0) is 59.0 Å². The second-order valence-electron chi connectivity index (χ2n) is 28.0. The number of hydrogen-bond acceptors (Lipinski definition) is 2. The number of rotatable bonds is 11. The molecule has 0 saturated carbocycles. The van der Waals surface area contributed by atoms with E-state index < -0.39 is 10.8 Å². The van der Waals surface area contributed by atoms with Crippen molar-refractivity contribution >= 4 is 21.8 Å². The Kier molecular flexibility index (Phi) is 15.4. The standard InChI is InChI=1S/C75H82N4O.Pt/c1-69(2,3)53-34-37-64-63(45-53)62-36-35-60(48-65(62)79(64)66-46-54(38-39-76-66)70(4,5)6)80-61-44-56(72(10,11)12)42-59(47-61)78-49-77(58-41-55(71(7,8)9)40-57(43-58)73(13,14)50-28-22-19-23-29-50)67(74(15,16)51-30-24-20-25-31-51)68(78)75(17,18)52-32-26-21-27-33-52;/h19-46H,1-18H3;/q-2;. The molecule has 0 bridgehead atoms. The van der Waals surface area contributed by atoms with Gasteiger partial charge >= 0.3 is 0 Å². The van der Waals surface area contributed by atoms with Gasteiger partial charge in [-0.3, -0.25) is 4.57 Å². The number of ether oxygens (including phenoxy) is 1. The second-order valence-corrected chi connectivity index (χ2v) is 28.0. The molecule has 0 aliphatic rings. The molecule has 5 nitrogen and oxygen atoms in total. The number of hydrogen-bond donors (Lipinski definition) is 0. The van der Waals surface area contributed by atoms with Gasteiger partial charge in [0.2, 0.25) is 0 Å². The van der Waals surface area contributed by atoms with Crippen LogP contribution in [0.2, 0.25) is 0 Å². The Morgan fingerprint density at radius 3 is 1.51 bits per heavy atom. The zero-order chi connectivity index (χ0) is 57.5. The average molecular weight is 1250 g/mol. The molecule has 3 heterocycles. The normalized spacial score (nSPS) is 13.0. The van der Waals surface area contributed by atoms with Crippen molar-refractivity contribution < 1.29 is 30.4 Å². The van der Waals surface area contributed by atoms with E-state index in [-0.39, 0.29) is 48.1 Å². The van der Waals surface area contributed by atoms with Gasteiger partial charge in [-0.2, -0.15) is 17.7 Å². The second kappa shape index (κ2) is 21.2. The van der Waals surface area contributed by atoms with Crippen LogP contribution < -0.4 is 9.30 Å². The van der Waals surface area contributed by atoms with Crippen LogP contribution in [0.3, 0.4) is 0 Å². The topological polar surface area (TPSA) is 35.9 Å². The fraction of sp³-hybridized carbons (Fsp3) is 0.333. The number of pyridine rings is 1. The van der Waals surface area contributed by atoms with Crippen molar-refractivity contribution in [1.82, 2.24) is 14.1 Å². The van der Waals surface area contributed by atoms with E-state index in [2.05, 4.69) is 321 Å². The van der Waals surface area contributed by atoms with Crippen molar-refractivity contribution in [3.63, 3.8) is 0 Å². The number of benzene rings is 7. The van der Waals surface area contributed by atoms with E-state index in [4.69, 9.17) is 9.72 Å². The minimum atomic E-state index is -0.553. The van der Waals surface area contributed by atoms with Gasteiger partial charge in [0.15, 0.2) is 0 Å². The zero-order valence-electron chi connectivity index (χ0n) is 51.2. The summed E-state index contributed by atoms with van der Waals surface area (Å²) in [6.45, 7) is 41.5. The molecular formula is C75H82N4OPt-2. The van der Waals surface area contributed by atoms with E-state index in [1.807, 2.05) is 6.20 Å². The van der Waals surface area contributed by atoms with Crippen LogP contribution in [0.1, 0.15) is 181 Å². The van der Waals surface area contributed by atoms with E-state index in [1.165, 1.54) is 38.9 Å². The van der Waals surface area contributed by atoms with Gasteiger partial charge < -0.3 is 13.9 Å². The summed E-state index contributed by atoms with van der Waals surface area (Å²) in [5.41, 5.74) is 13.9. The maximum absolute atomic E-state index is 7.17. The zero-order valence-corrected chi connectivity index (χ0v) is 53.5. The third-order valence-electron chi connectivity index (χ3n) is 16.8. The summed E-state index contributed by atoms with van der Waals surface area (Å²) < 4.78 is 14.1. The van der Waals surface area contributed by atoms with Gasteiger partial charge in [0.25, 0.3) is 6.33 Å². The molecular weight excluding hydrogens is 1170 g/mol. The summed E-state index contributed by atoms with van der Waals surface area (Å²) in [6.07, 6.45) is 6.05. The fourth-order valence-corrected chi connectivity index (χ4v) is 11.4. The third-order valence-corrected chi connectivity index (χ3v) is 16.8. The predicted octanol–water partition coefficient (Wildman–Crippen LogP) is 18.6. The molecule has 0 unspecified atom stereocenters. The minimum absolute atomic E-state index is 0. The molecule has 10 rings (SSSR count). The summed E-state index contributed by atoms with van der Waals surface area (Å²) in [5, 5.41) is 2.25. The molecule has 0 fully saturated rings. The molecule has 420 valence electrons. The quantitative estimate of drug-likeness (QED) is 0.0956. The monoisotopic (exact) mass is 1250 g/mol. The number of nitrogens with zero attached hydrogens (tertiary/aromatic N) is 4. The first-order valence-corrected chi connectivity index (χ1v) is 28.6. The Balaban J connectivity index is 0.00000792. The van der Waals surface area contributed by atoms with Crippen LogP contribution in [-0.4, -0.2) is 14.1 Å². The Labute approximate surface area is 498 Å². The molecule has 0 aliphatic carbocycles. The number of fused-ring (bicyclic) bond motifs is 3. The van der Waals surface area contributed by atoms with E-state index in [0.29, 0.717) is 11.5 Å². The van der Waals surface area contributed by atoms with Crippen LogP contribution in [0.15, 0.2) is 170 Å². The Bertz CT molecular complexity index is 3900. The molecule has 0 amide bonds. The first-order valence-electron chi connectivity index (χ1n) is 28.6. The summed E-state index contributed by atoms with van der Waals surface area (Å²) >= 11 is 0. The fourth-order valence-electron chi connectivity index (χ4n) is 11.4. The molecule has 0 radical (unpaired) electrons. The molecule has 0 N–H and O–H groups in total. The molecule has 0 atom stereocenters. The van der Waals surface area contributed by atoms with Crippen molar-refractivity contribution in [1.29, 1.82) is 0 Å². The Morgan fingerprint density at radius 1 is 0.420 bits per heavy atom. The van der Waals surface area contributed by atoms with Crippen LogP contribution >= 0.6 is 0 Å². The average Bonchev–Trinajstić information content (AvgIpc) is 4.12. The van der Waals surface area contributed by atoms with Crippen LogP contribution in [0.25, 0.3) is 39.0 Å². The maximum atomic E-state index is 7.17. The van der Waals surface area contributed by atoms with Gasteiger partial charge in [0.1, 0.15) is 5.82 Å². The molecule has 0 spiro atoms. The molecule has 81 heavy (non-hydrogen) atoms. The smallest absolute Gasteiger partial charge is 0.267 e. The van der Waals surface area contributed by atoms with Crippen LogP contribution in [0.4, 0.5) is 0 Å². The van der Waals surface area contributed by atoms with E-state index in [9.17, 15) is 0 Å². The largest absolute Gasteiger partial charge is 0.510 e. The molecule has 10 aromatic rings. The summed E-state index contributed by atoms with van der Waals surface area (Å²) in [4.78, 5) is 5.02. The molecule has 3 aromatic heterocycles. The summed E-state index contributed by atoms with van der Waals surface area (Å²) in [6, 6.07) is 67.6. The van der Waals surface area contributed by atoms with Crippen molar-refractivity contribution in [2.45, 2.75) is 163 Å². The van der Waals surface area contributed by atoms with Crippen molar-refractivity contribution in [2.75, 3.05) is 0 Å². The van der Waals surface area contributed by atoms with Gasteiger partial charge in [-0.1, -0.05) is 239 Å².